The van der Waals surface area contributed by atoms with Crippen molar-refractivity contribution in [3.05, 3.63) is 32.8 Å². The molecule has 1 amide bonds. The molecule has 0 bridgehead atoms. The topological polar surface area (TPSA) is 66.7 Å². The Morgan fingerprint density at radius 2 is 1.88 bits per heavy atom. The zero-order valence-corrected chi connectivity index (χ0v) is 14.5. The summed E-state index contributed by atoms with van der Waals surface area (Å²) >= 11 is 5.75. The largest absolute Gasteiger partial charge is 0.418 e. The van der Waals surface area contributed by atoms with Gasteiger partial charge in [-0.3, -0.25) is 14.9 Å². The molecule has 1 aliphatic carbocycles. The van der Waals surface area contributed by atoms with Gasteiger partial charge in [-0.1, -0.05) is 11.6 Å². The van der Waals surface area contributed by atoms with Gasteiger partial charge in [0.25, 0.3) is 5.69 Å². The van der Waals surface area contributed by atoms with Crippen LogP contribution in [0.2, 0.25) is 5.02 Å². The van der Waals surface area contributed by atoms with Crippen molar-refractivity contribution >= 4 is 28.9 Å². The molecule has 10 heteroatoms. The van der Waals surface area contributed by atoms with Crippen LogP contribution in [0.3, 0.4) is 0 Å². The number of halogens is 4. The first-order valence-corrected chi connectivity index (χ1v) is 8.65. The summed E-state index contributed by atoms with van der Waals surface area (Å²) in [5.41, 5.74) is -1.81. The van der Waals surface area contributed by atoms with Gasteiger partial charge in [-0.25, -0.2) is 0 Å². The van der Waals surface area contributed by atoms with Crippen LogP contribution in [0, 0.1) is 16.0 Å². The van der Waals surface area contributed by atoms with Crippen molar-refractivity contribution in [1.29, 1.82) is 0 Å². The van der Waals surface area contributed by atoms with E-state index in [1.54, 1.807) is 9.80 Å². The maximum atomic E-state index is 13.0. The van der Waals surface area contributed by atoms with E-state index < -0.39 is 27.4 Å². The van der Waals surface area contributed by atoms with E-state index in [1.165, 1.54) is 0 Å². The summed E-state index contributed by atoms with van der Waals surface area (Å²) < 4.78 is 39.0. The van der Waals surface area contributed by atoms with Gasteiger partial charge in [0.15, 0.2) is 0 Å². The van der Waals surface area contributed by atoms with Crippen molar-refractivity contribution in [2.45, 2.75) is 25.4 Å². The molecule has 1 aromatic rings. The fraction of sp³-hybridized carbons (Fsp3) is 0.562. The van der Waals surface area contributed by atoms with E-state index in [0.717, 1.165) is 18.9 Å². The molecule has 1 aliphatic heterocycles. The van der Waals surface area contributed by atoms with Crippen molar-refractivity contribution in [3.63, 3.8) is 0 Å². The van der Waals surface area contributed by atoms with Gasteiger partial charge >= 0.3 is 6.18 Å². The zero-order valence-electron chi connectivity index (χ0n) is 13.8. The average molecular weight is 392 g/mol. The minimum atomic E-state index is -4.77. The third-order valence-electron chi connectivity index (χ3n) is 4.64. The molecule has 26 heavy (non-hydrogen) atoms. The molecule has 0 spiro atoms. The molecule has 3 rings (SSSR count). The van der Waals surface area contributed by atoms with Gasteiger partial charge in [0.2, 0.25) is 5.91 Å². The second-order valence-electron chi connectivity index (χ2n) is 6.52. The molecule has 1 aromatic carbocycles. The number of nitro groups is 1. The second-order valence-corrected chi connectivity index (χ2v) is 6.92. The van der Waals surface area contributed by atoms with Gasteiger partial charge in [0, 0.05) is 38.2 Å². The van der Waals surface area contributed by atoms with Crippen molar-refractivity contribution < 1.29 is 22.9 Å². The number of nitro benzene ring substituents is 1. The van der Waals surface area contributed by atoms with E-state index in [2.05, 4.69) is 0 Å². The molecular weight excluding hydrogens is 375 g/mol. The zero-order chi connectivity index (χ0) is 19.1. The smallest absolute Gasteiger partial charge is 0.364 e. The molecule has 1 heterocycles. The van der Waals surface area contributed by atoms with Crippen LogP contribution in [0.25, 0.3) is 0 Å². The lowest BCUT2D eigenvalue weighted by Crippen LogP contribution is -2.36. The van der Waals surface area contributed by atoms with Crippen LogP contribution in [-0.4, -0.2) is 41.9 Å². The van der Waals surface area contributed by atoms with Gasteiger partial charge < -0.3 is 9.80 Å². The number of carbonyl (C=O) groups excluding carboxylic acids is 1. The molecule has 0 aromatic heterocycles. The number of alkyl halides is 3. The SMILES string of the molecule is O=C(C1CC1)N1CCCN(c2cc(Cl)c(C(F)(F)F)cc2[N+](=O)[O-])CC1. The number of hydrogen-bond acceptors (Lipinski definition) is 4. The molecule has 6 nitrogen and oxygen atoms in total. The van der Waals surface area contributed by atoms with Crippen molar-refractivity contribution in [2.75, 3.05) is 31.1 Å². The molecule has 142 valence electrons. The Kier molecular flexibility index (Phi) is 5.01. The van der Waals surface area contributed by atoms with Crippen molar-refractivity contribution in [3.8, 4) is 0 Å². The Labute approximate surface area is 152 Å². The molecule has 0 N–H and O–H groups in total. The van der Waals surface area contributed by atoms with Crippen LogP contribution in [0.1, 0.15) is 24.8 Å². The number of anilines is 1. The van der Waals surface area contributed by atoms with Crippen LogP contribution < -0.4 is 4.90 Å². The first-order valence-electron chi connectivity index (χ1n) is 8.27. The predicted octanol–water partition coefficient (Wildman–Crippen LogP) is 3.72. The Morgan fingerprint density at radius 1 is 1.19 bits per heavy atom. The highest BCUT2D eigenvalue weighted by atomic mass is 35.5. The summed E-state index contributed by atoms with van der Waals surface area (Å²) in [7, 11) is 0. The first-order chi connectivity index (χ1) is 12.2. The lowest BCUT2D eigenvalue weighted by Gasteiger charge is -2.24. The van der Waals surface area contributed by atoms with Crippen molar-refractivity contribution in [2.24, 2.45) is 5.92 Å². The second kappa shape index (κ2) is 6.94. The van der Waals surface area contributed by atoms with E-state index in [-0.39, 0.29) is 17.5 Å². The highest BCUT2D eigenvalue weighted by molar-refractivity contribution is 6.31. The highest BCUT2D eigenvalue weighted by Crippen LogP contribution is 2.41. The third-order valence-corrected chi connectivity index (χ3v) is 4.95. The molecule has 2 fully saturated rings. The van der Waals surface area contributed by atoms with Gasteiger partial charge in [0.1, 0.15) is 5.69 Å². The number of nitrogens with zero attached hydrogens (tertiary/aromatic N) is 3. The Morgan fingerprint density at radius 3 is 2.46 bits per heavy atom. The molecule has 0 unspecified atom stereocenters. The van der Waals surface area contributed by atoms with Crippen LogP contribution in [0.15, 0.2) is 12.1 Å². The van der Waals surface area contributed by atoms with Crippen LogP contribution in [0.5, 0.6) is 0 Å². The Bertz CT molecular complexity index is 737. The number of hydrogen-bond donors (Lipinski definition) is 0. The van der Waals surface area contributed by atoms with E-state index in [9.17, 15) is 28.1 Å². The maximum absolute atomic E-state index is 13.0. The maximum Gasteiger partial charge on any atom is 0.418 e. The summed E-state index contributed by atoms with van der Waals surface area (Å²) in [4.78, 5) is 26.0. The minimum Gasteiger partial charge on any atom is -0.364 e. The summed E-state index contributed by atoms with van der Waals surface area (Å²) in [6.45, 7) is 1.62. The lowest BCUT2D eigenvalue weighted by atomic mass is 10.1. The summed E-state index contributed by atoms with van der Waals surface area (Å²) in [5.74, 6) is 0.170. The minimum absolute atomic E-state index is 0.0497. The van der Waals surface area contributed by atoms with Crippen LogP contribution >= 0.6 is 11.6 Å². The van der Waals surface area contributed by atoms with Gasteiger partial charge in [-0.2, -0.15) is 13.2 Å². The van der Waals surface area contributed by atoms with Crippen LogP contribution in [0.4, 0.5) is 24.5 Å². The van der Waals surface area contributed by atoms with E-state index >= 15 is 0 Å². The van der Waals surface area contributed by atoms with Gasteiger partial charge in [-0.05, 0) is 25.3 Å². The Balaban J connectivity index is 1.87. The number of carbonyl (C=O) groups is 1. The summed E-state index contributed by atoms with van der Waals surface area (Å²) in [6, 6.07) is 1.48. The fourth-order valence-electron chi connectivity index (χ4n) is 3.14. The highest BCUT2D eigenvalue weighted by Gasteiger charge is 2.38. The predicted molar refractivity (Wildman–Crippen MR) is 89.2 cm³/mol. The first kappa shape index (κ1) is 18.8. The standard InChI is InChI=1S/C16H17ClF3N3O3/c17-12-9-13(14(23(25)26)8-11(12)16(18,19)20)21-4-1-5-22(7-6-21)15(24)10-2-3-10/h8-10H,1-7H2. The lowest BCUT2D eigenvalue weighted by molar-refractivity contribution is -0.384. The quantitative estimate of drug-likeness (QED) is 0.582. The number of benzene rings is 1. The number of rotatable bonds is 3. The van der Waals surface area contributed by atoms with Gasteiger partial charge in [-0.15, -0.1) is 0 Å². The fourth-order valence-corrected chi connectivity index (χ4v) is 3.40. The Hall–Kier alpha value is -2.03. The molecule has 1 saturated carbocycles. The van der Waals surface area contributed by atoms with Crippen molar-refractivity contribution in [1.82, 2.24) is 4.90 Å². The average Bonchev–Trinajstić information content (AvgIpc) is 3.39. The van der Waals surface area contributed by atoms with E-state index in [0.29, 0.717) is 38.7 Å². The number of amides is 1. The van der Waals surface area contributed by atoms with E-state index in [4.69, 9.17) is 11.6 Å². The van der Waals surface area contributed by atoms with Crippen LogP contribution in [-0.2, 0) is 11.0 Å². The third kappa shape index (κ3) is 3.87. The molecule has 0 atom stereocenters. The monoisotopic (exact) mass is 391 g/mol. The molecular formula is C16H17ClF3N3O3. The normalized spacial score (nSPS) is 18.6. The molecule has 0 radical (unpaired) electrons. The van der Waals surface area contributed by atoms with Gasteiger partial charge in [0.05, 0.1) is 15.5 Å². The molecule has 2 aliphatic rings. The summed E-state index contributed by atoms with van der Waals surface area (Å²) in [5, 5.41) is 10.7. The molecule has 1 saturated heterocycles. The summed E-state index contributed by atoms with van der Waals surface area (Å²) in [6.07, 6.45) is -2.42. The van der Waals surface area contributed by atoms with E-state index in [1.807, 2.05) is 0 Å².